The molecule has 0 aliphatic heterocycles. The van der Waals surface area contributed by atoms with Crippen molar-refractivity contribution in [3.8, 4) is 6.07 Å². The molecule has 3 aliphatic rings. The summed E-state index contributed by atoms with van der Waals surface area (Å²) in [6, 6.07) is 2.12. The molecule has 0 aromatic rings. The van der Waals surface area contributed by atoms with E-state index in [9.17, 15) is 23.3 Å². The molecular formula is C32H50N2O4S. The van der Waals surface area contributed by atoms with Crippen LogP contribution in [0.15, 0.2) is 23.3 Å². The van der Waals surface area contributed by atoms with Gasteiger partial charge in [0, 0.05) is 16.9 Å². The highest BCUT2D eigenvalue weighted by Gasteiger charge is 2.58. The zero-order chi connectivity index (χ0) is 29.8. The molecule has 39 heavy (non-hydrogen) atoms. The molecule has 0 saturated heterocycles. The molecular weight excluding hydrogens is 508 g/mol. The summed E-state index contributed by atoms with van der Waals surface area (Å²) >= 11 is 0. The Bertz CT molecular complexity index is 1240. The largest absolute Gasteiger partial charge is 0.295 e. The standard InChI is InChI=1S/C32H50N2O4S/c1-21-18-28(4,5)13-15-32(21,34-39(10,37)38)16-14-29(6,7)31(9)12-11-25-23(3)27(36)24(20-33)19-30(25,8)26(31)17-22(2)35/h17,19,21,23,25,34H,11-16,18H2,1-10H3/b26-17-/t21?,23-,25-,30-,31+,32-/m0/s1. The average Bonchev–Trinajstić information content (AvgIpc) is 2.78. The van der Waals surface area contributed by atoms with E-state index in [1.54, 1.807) is 13.0 Å². The van der Waals surface area contributed by atoms with Crippen molar-refractivity contribution in [2.24, 2.45) is 39.4 Å². The minimum atomic E-state index is -3.41. The first-order valence-electron chi connectivity index (χ1n) is 14.5. The molecule has 3 rings (SSSR count). The number of Topliss-reactive ketones (excluding diaryl/α,β-unsaturated/α-hetero) is 1. The number of nitrogens with zero attached hydrogens (tertiary/aromatic N) is 1. The number of ketones is 2. The Morgan fingerprint density at radius 2 is 1.79 bits per heavy atom. The number of carbonyl (C=O) groups excluding carboxylic acids is 2. The lowest BCUT2D eigenvalue weighted by atomic mass is 9.44. The van der Waals surface area contributed by atoms with Gasteiger partial charge in [0.1, 0.15) is 6.07 Å². The highest BCUT2D eigenvalue weighted by molar-refractivity contribution is 7.88. The van der Waals surface area contributed by atoms with Gasteiger partial charge in [-0.25, -0.2) is 13.1 Å². The fourth-order valence-corrected chi connectivity index (χ4v) is 9.57. The number of fused-ring (bicyclic) bond motifs is 1. The number of nitrogens with one attached hydrogen (secondary N) is 1. The van der Waals surface area contributed by atoms with E-state index in [2.05, 4.69) is 59.3 Å². The number of rotatable bonds is 7. The smallest absolute Gasteiger partial charge is 0.209 e. The Morgan fingerprint density at radius 3 is 2.31 bits per heavy atom. The summed E-state index contributed by atoms with van der Waals surface area (Å²) in [5.74, 6) is -0.218. The van der Waals surface area contributed by atoms with Gasteiger partial charge in [-0.15, -0.1) is 0 Å². The van der Waals surface area contributed by atoms with Crippen LogP contribution in [0.4, 0.5) is 0 Å². The topological polar surface area (TPSA) is 104 Å². The van der Waals surface area contributed by atoms with E-state index in [1.165, 1.54) is 6.26 Å². The zero-order valence-electron chi connectivity index (χ0n) is 25.8. The van der Waals surface area contributed by atoms with Gasteiger partial charge in [-0.2, -0.15) is 5.26 Å². The van der Waals surface area contributed by atoms with E-state index in [1.807, 2.05) is 13.0 Å². The molecule has 0 heterocycles. The van der Waals surface area contributed by atoms with Crippen LogP contribution >= 0.6 is 0 Å². The highest BCUT2D eigenvalue weighted by atomic mass is 32.2. The molecule has 2 saturated carbocycles. The van der Waals surface area contributed by atoms with Gasteiger partial charge >= 0.3 is 0 Å². The van der Waals surface area contributed by atoms with Crippen LogP contribution in [-0.2, 0) is 19.6 Å². The fourth-order valence-electron chi connectivity index (χ4n) is 8.42. The lowest BCUT2D eigenvalue weighted by Crippen LogP contribution is -2.57. The number of nitriles is 1. The minimum Gasteiger partial charge on any atom is -0.295 e. The maximum Gasteiger partial charge on any atom is 0.209 e. The van der Waals surface area contributed by atoms with E-state index in [0.717, 1.165) is 44.1 Å². The van der Waals surface area contributed by atoms with Crippen LogP contribution in [0, 0.1) is 50.7 Å². The molecule has 0 spiro atoms. The van der Waals surface area contributed by atoms with E-state index < -0.39 is 21.0 Å². The SMILES string of the molecule is CC(=O)/C=C1/[C@@]2(C)C=C(C#N)C(=O)[C@@H](C)[C@@H]2CC[C@@]1(C)C(C)(C)CC[C@@]1(NS(C)(=O)=O)CCC(C)(C)CC1C. The van der Waals surface area contributed by atoms with Crippen molar-refractivity contribution in [1.82, 2.24) is 4.72 Å². The predicted molar refractivity (Wildman–Crippen MR) is 156 cm³/mol. The van der Waals surface area contributed by atoms with Crippen molar-refractivity contribution in [2.45, 2.75) is 113 Å². The zero-order valence-corrected chi connectivity index (χ0v) is 26.6. The second-order valence-electron chi connectivity index (χ2n) is 14.9. The number of allylic oxidation sites excluding steroid dienone is 4. The summed E-state index contributed by atoms with van der Waals surface area (Å²) in [7, 11) is -3.41. The summed E-state index contributed by atoms with van der Waals surface area (Å²) < 4.78 is 28.2. The second kappa shape index (κ2) is 10.2. The van der Waals surface area contributed by atoms with Gasteiger partial charge < -0.3 is 0 Å². The summed E-state index contributed by atoms with van der Waals surface area (Å²) in [5.41, 5.74) is -0.405. The molecule has 0 radical (unpaired) electrons. The summed E-state index contributed by atoms with van der Waals surface area (Å²) in [4.78, 5) is 25.6. The molecule has 1 unspecified atom stereocenters. The van der Waals surface area contributed by atoms with Crippen molar-refractivity contribution in [3.05, 3.63) is 23.3 Å². The second-order valence-corrected chi connectivity index (χ2v) is 16.7. The highest BCUT2D eigenvalue weighted by Crippen LogP contribution is 2.65. The van der Waals surface area contributed by atoms with E-state index in [-0.39, 0.29) is 51.1 Å². The van der Waals surface area contributed by atoms with Crippen LogP contribution in [-0.4, -0.2) is 31.8 Å². The fraction of sp³-hybridized carbons (Fsp3) is 0.781. The molecule has 0 amide bonds. The molecule has 3 aliphatic carbocycles. The van der Waals surface area contributed by atoms with Gasteiger partial charge in [-0.05, 0) is 86.0 Å². The quantitative estimate of drug-likeness (QED) is 0.358. The van der Waals surface area contributed by atoms with Crippen LogP contribution in [0.25, 0.3) is 0 Å². The van der Waals surface area contributed by atoms with Gasteiger partial charge in [0.2, 0.25) is 10.0 Å². The lowest BCUT2D eigenvalue weighted by Gasteiger charge is -2.60. The normalized spacial score (nSPS) is 38.1. The Morgan fingerprint density at radius 1 is 1.18 bits per heavy atom. The Labute approximate surface area is 237 Å². The molecule has 0 bridgehead atoms. The maximum absolute atomic E-state index is 12.9. The Kier molecular flexibility index (Phi) is 8.34. The number of hydrogen-bond donors (Lipinski definition) is 1. The molecule has 6 nitrogen and oxygen atoms in total. The summed E-state index contributed by atoms with van der Waals surface area (Å²) in [6.07, 6.45) is 10.7. The number of hydrogen-bond acceptors (Lipinski definition) is 5. The van der Waals surface area contributed by atoms with Crippen molar-refractivity contribution in [2.75, 3.05) is 6.26 Å². The monoisotopic (exact) mass is 558 g/mol. The first-order valence-corrected chi connectivity index (χ1v) is 16.4. The minimum absolute atomic E-state index is 0.0235. The van der Waals surface area contributed by atoms with E-state index >= 15 is 0 Å². The third-order valence-electron chi connectivity index (χ3n) is 11.2. The van der Waals surface area contributed by atoms with Crippen LogP contribution in [0.5, 0.6) is 0 Å². The summed E-state index contributed by atoms with van der Waals surface area (Å²) in [5, 5.41) is 9.77. The number of sulfonamides is 1. The van der Waals surface area contributed by atoms with Crippen LogP contribution < -0.4 is 4.72 Å². The molecule has 218 valence electrons. The Hall–Kier alpha value is -1.78. The predicted octanol–water partition coefficient (Wildman–Crippen LogP) is 6.53. The third kappa shape index (κ3) is 5.84. The van der Waals surface area contributed by atoms with E-state index in [4.69, 9.17) is 0 Å². The first-order chi connectivity index (χ1) is 17.6. The molecule has 6 atom stereocenters. The Balaban J connectivity index is 2.06. The van der Waals surface area contributed by atoms with Crippen molar-refractivity contribution >= 4 is 21.6 Å². The molecule has 0 aromatic heterocycles. The van der Waals surface area contributed by atoms with Gasteiger partial charge in [0.05, 0.1) is 11.8 Å². The summed E-state index contributed by atoms with van der Waals surface area (Å²) in [6.45, 7) is 19.0. The van der Waals surface area contributed by atoms with Crippen molar-refractivity contribution < 1.29 is 18.0 Å². The lowest BCUT2D eigenvalue weighted by molar-refractivity contribution is -0.123. The van der Waals surface area contributed by atoms with Gasteiger partial charge in [-0.3, -0.25) is 9.59 Å². The molecule has 2 fully saturated rings. The third-order valence-corrected chi connectivity index (χ3v) is 12.0. The van der Waals surface area contributed by atoms with Gasteiger partial charge in [0.15, 0.2) is 11.6 Å². The van der Waals surface area contributed by atoms with Gasteiger partial charge in [0.25, 0.3) is 0 Å². The number of carbonyl (C=O) groups is 2. The van der Waals surface area contributed by atoms with Crippen LogP contribution in [0.2, 0.25) is 0 Å². The molecule has 7 heteroatoms. The molecule has 0 aromatic carbocycles. The van der Waals surface area contributed by atoms with Gasteiger partial charge in [-0.1, -0.05) is 67.0 Å². The van der Waals surface area contributed by atoms with Crippen LogP contribution in [0.3, 0.4) is 0 Å². The van der Waals surface area contributed by atoms with E-state index in [0.29, 0.717) is 6.42 Å². The molecule has 1 N–H and O–H groups in total. The van der Waals surface area contributed by atoms with Crippen LogP contribution in [0.1, 0.15) is 107 Å². The van der Waals surface area contributed by atoms with Crippen molar-refractivity contribution in [3.63, 3.8) is 0 Å². The van der Waals surface area contributed by atoms with Crippen molar-refractivity contribution in [1.29, 1.82) is 5.26 Å². The first kappa shape index (κ1) is 31.7. The maximum atomic E-state index is 12.9. The average molecular weight is 559 g/mol.